The lowest BCUT2D eigenvalue weighted by atomic mass is 9.99. The molecule has 0 spiro atoms. The number of aliphatic hydroxyl groups is 1. The summed E-state index contributed by atoms with van der Waals surface area (Å²) in [4.78, 5) is 14.3. The zero-order valence-corrected chi connectivity index (χ0v) is 13.2. The molecule has 1 fully saturated rings. The second-order valence-corrected chi connectivity index (χ2v) is 6.17. The zero-order chi connectivity index (χ0) is 15.4. The van der Waals surface area contributed by atoms with Gasteiger partial charge in [0.25, 0.3) is 5.91 Å². The highest BCUT2D eigenvalue weighted by molar-refractivity contribution is 5.95. The van der Waals surface area contributed by atoms with Crippen molar-refractivity contribution in [1.29, 1.82) is 0 Å². The molecule has 0 aliphatic carbocycles. The van der Waals surface area contributed by atoms with E-state index in [9.17, 15) is 9.90 Å². The molecule has 2 N–H and O–H groups in total. The number of β-amino-alcohol motifs (C(OH)–C–C–N with tert-alkyl or cyclic N) is 1. The van der Waals surface area contributed by atoms with Gasteiger partial charge in [0.1, 0.15) is 11.5 Å². The molecule has 0 aromatic carbocycles. The van der Waals surface area contributed by atoms with Gasteiger partial charge in [-0.15, -0.1) is 0 Å². The lowest BCUT2D eigenvalue weighted by Crippen LogP contribution is -2.43. The molecule has 118 valence electrons. The number of piperidine rings is 1. The molecule has 1 amide bonds. The Labute approximate surface area is 126 Å². The molecule has 1 aromatic rings. The van der Waals surface area contributed by atoms with Crippen LogP contribution in [0.5, 0.6) is 0 Å². The van der Waals surface area contributed by atoms with Crippen LogP contribution >= 0.6 is 0 Å². The lowest BCUT2D eigenvalue weighted by molar-refractivity contribution is 0.0794. The Bertz CT molecular complexity index is 476. The average molecular weight is 294 g/mol. The monoisotopic (exact) mass is 294 g/mol. The van der Waals surface area contributed by atoms with Crippen molar-refractivity contribution in [1.82, 2.24) is 10.2 Å². The summed E-state index contributed by atoms with van der Waals surface area (Å²) < 4.78 is 5.34. The van der Waals surface area contributed by atoms with Gasteiger partial charge in [0, 0.05) is 13.1 Å². The van der Waals surface area contributed by atoms with Crippen molar-refractivity contribution < 1.29 is 14.3 Å². The second kappa shape index (κ2) is 7.09. The zero-order valence-electron chi connectivity index (χ0n) is 13.2. The molecule has 1 aliphatic heterocycles. The van der Waals surface area contributed by atoms with Crippen LogP contribution in [0.15, 0.2) is 10.5 Å². The third-order valence-electron chi connectivity index (χ3n) is 4.13. The Morgan fingerprint density at radius 3 is 2.71 bits per heavy atom. The van der Waals surface area contributed by atoms with Crippen LogP contribution in [0.2, 0.25) is 0 Å². The molecule has 2 rings (SSSR count). The van der Waals surface area contributed by atoms with Crippen molar-refractivity contribution in [2.75, 3.05) is 26.2 Å². The van der Waals surface area contributed by atoms with E-state index in [-0.39, 0.29) is 12.5 Å². The van der Waals surface area contributed by atoms with Crippen molar-refractivity contribution in [3.63, 3.8) is 0 Å². The van der Waals surface area contributed by atoms with Crippen molar-refractivity contribution in [3.05, 3.63) is 23.2 Å². The van der Waals surface area contributed by atoms with Crippen LogP contribution in [0, 0.1) is 19.8 Å². The summed E-state index contributed by atoms with van der Waals surface area (Å²) >= 11 is 0. The number of rotatable bonds is 5. The highest BCUT2D eigenvalue weighted by Crippen LogP contribution is 2.16. The minimum atomic E-state index is -0.532. The number of hydrogen-bond donors (Lipinski definition) is 2. The van der Waals surface area contributed by atoms with Gasteiger partial charge in [-0.25, -0.2) is 0 Å². The fraction of sp³-hybridized carbons (Fsp3) is 0.688. The first kappa shape index (κ1) is 16.0. The van der Waals surface area contributed by atoms with E-state index in [0.717, 1.165) is 24.8 Å². The van der Waals surface area contributed by atoms with Crippen molar-refractivity contribution in [3.8, 4) is 0 Å². The molecule has 0 radical (unpaired) electrons. The maximum atomic E-state index is 12.0. The van der Waals surface area contributed by atoms with Crippen LogP contribution in [0.1, 0.15) is 41.6 Å². The third-order valence-corrected chi connectivity index (χ3v) is 4.13. The molecule has 2 heterocycles. The van der Waals surface area contributed by atoms with Gasteiger partial charge in [-0.1, -0.05) is 6.92 Å². The number of nitrogens with one attached hydrogen (secondary N) is 1. The first-order chi connectivity index (χ1) is 9.95. The van der Waals surface area contributed by atoms with Gasteiger partial charge in [-0.05, 0) is 51.8 Å². The first-order valence-corrected chi connectivity index (χ1v) is 7.71. The fourth-order valence-corrected chi connectivity index (χ4v) is 2.77. The summed E-state index contributed by atoms with van der Waals surface area (Å²) in [6.45, 7) is 8.82. The van der Waals surface area contributed by atoms with E-state index in [1.807, 2.05) is 6.92 Å². The van der Waals surface area contributed by atoms with Crippen LogP contribution in [0.3, 0.4) is 0 Å². The van der Waals surface area contributed by atoms with Crippen LogP contribution in [-0.4, -0.2) is 48.2 Å². The van der Waals surface area contributed by atoms with E-state index < -0.39 is 6.10 Å². The summed E-state index contributed by atoms with van der Waals surface area (Å²) in [7, 11) is 0. The van der Waals surface area contributed by atoms with Crippen LogP contribution in [-0.2, 0) is 0 Å². The van der Waals surface area contributed by atoms with E-state index in [4.69, 9.17) is 4.42 Å². The number of furan rings is 1. The van der Waals surface area contributed by atoms with E-state index in [2.05, 4.69) is 17.1 Å². The number of amides is 1. The Balaban J connectivity index is 1.74. The summed E-state index contributed by atoms with van der Waals surface area (Å²) in [5.74, 6) is 1.94. The van der Waals surface area contributed by atoms with Crippen LogP contribution < -0.4 is 5.32 Å². The molecule has 5 heteroatoms. The number of aryl methyl sites for hydroxylation is 2. The Morgan fingerprint density at radius 1 is 1.48 bits per heavy atom. The third kappa shape index (κ3) is 4.58. The Morgan fingerprint density at radius 2 is 2.14 bits per heavy atom. The van der Waals surface area contributed by atoms with Gasteiger partial charge in [0.15, 0.2) is 0 Å². The molecule has 0 bridgehead atoms. The maximum absolute atomic E-state index is 12.0. The number of carbonyl (C=O) groups is 1. The maximum Gasteiger partial charge on any atom is 0.254 e. The van der Waals surface area contributed by atoms with Crippen molar-refractivity contribution in [2.45, 2.75) is 39.7 Å². The van der Waals surface area contributed by atoms with E-state index in [1.54, 1.807) is 13.0 Å². The molecule has 1 aromatic heterocycles. The molecule has 0 saturated carbocycles. The quantitative estimate of drug-likeness (QED) is 0.868. The number of likely N-dealkylation sites (tertiary alicyclic amines) is 1. The Hall–Kier alpha value is -1.33. The van der Waals surface area contributed by atoms with Gasteiger partial charge in [0.2, 0.25) is 0 Å². The topological polar surface area (TPSA) is 65.7 Å². The van der Waals surface area contributed by atoms with Gasteiger partial charge >= 0.3 is 0 Å². The molecule has 5 nitrogen and oxygen atoms in total. The van der Waals surface area contributed by atoms with Gasteiger partial charge in [-0.2, -0.15) is 0 Å². The SMILES string of the molecule is Cc1cc(C(=O)NCC(O)CN2CCC(C)CC2)c(C)o1. The minimum absolute atomic E-state index is 0.185. The summed E-state index contributed by atoms with van der Waals surface area (Å²) in [5.41, 5.74) is 0.548. The molecule has 1 aliphatic rings. The van der Waals surface area contributed by atoms with Crippen molar-refractivity contribution >= 4 is 5.91 Å². The first-order valence-electron chi connectivity index (χ1n) is 7.71. The van der Waals surface area contributed by atoms with Crippen molar-refractivity contribution in [2.24, 2.45) is 5.92 Å². The number of nitrogens with zero attached hydrogens (tertiary/aromatic N) is 1. The highest BCUT2D eigenvalue weighted by Gasteiger charge is 2.19. The molecular weight excluding hydrogens is 268 g/mol. The minimum Gasteiger partial charge on any atom is -0.466 e. The second-order valence-electron chi connectivity index (χ2n) is 6.17. The molecule has 1 unspecified atom stereocenters. The normalized spacial score (nSPS) is 18.7. The summed E-state index contributed by atoms with van der Waals surface area (Å²) in [6, 6.07) is 1.73. The molecule has 21 heavy (non-hydrogen) atoms. The van der Waals surface area contributed by atoms with Gasteiger partial charge < -0.3 is 19.7 Å². The van der Waals surface area contributed by atoms with Gasteiger partial charge in [-0.3, -0.25) is 4.79 Å². The van der Waals surface area contributed by atoms with E-state index >= 15 is 0 Å². The van der Waals surface area contributed by atoms with E-state index in [1.165, 1.54) is 12.8 Å². The predicted molar refractivity (Wildman–Crippen MR) is 81.4 cm³/mol. The van der Waals surface area contributed by atoms with Crippen LogP contribution in [0.25, 0.3) is 0 Å². The number of aliphatic hydroxyl groups excluding tert-OH is 1. The molecule has 1 saturated heterocycles. The standard InChI is InChI=1S/C16H26N2O3/c1-11-4-6-18(7-5-11)10-14(19)9-17-16(20)15-8-12(2)21-13(15)3/h8,11,14,19H,4-7,9-10H2,1-3H3,(H,17,20). The number of carbonyl (C=O) groups excluding carboxylic acids is 1. The predicted octanol–water partition coefficient (Wildman–Crippen LogP) is 1.72. The fourth-order valence-electron chi connectivity index (χ4n) is 2.77. The van der Waals surface area contributed by atoms with Gasteiger partial charge in [0.05, 0.1) is 11.7 Å². The number of hydrogen-bond acceptors (Lipinski definition) is 4. The molecule has 1 atom stereocenters. The smallest absolute Gasteiger partial charge is 0.254 e. The average Bonchev–Trinajstić information content (AvgIpc) is 2.78. The highest BCUT2D eigenvalue weighted by atomic mass is 16.3. The summed E-state index contributed by atoms with van der Waals surface area (Å²) in [5, 5.41) is 12.8. The van der Waals surface area contributed by atoms with Crippen LogP contribution in [0.4, 0.5) is 0 Å². The lowest BCUT2D eigenvalue weighted by Gasteiger charge is -2.31. The molecular formula is C16H26N2O3. The van der Waals surface area contributed by atoms with E-state index in [0.29, 0.717) is 17.9 Å². The Kier molecular flexibility index (Phi) is 5.42. The summed E-state index contributed by atoms with van der Waals surface area (Å²) in [6.07, 6.45) is 1.84. The largest absolute Gasteiger partial charge is 0.466 e.